The maximum Gasteiger partial charge on any atom is 0.257 e. The molecule has 1 aliphatic heterocycles. The molecule has 0 saturated carbocycles. The first-order valence-corrected chi connectivity index (χ1v) is 8.94. The zero-order valence-electron chi connectivity index (χ0n) is 15.0. The summed E-state index contributed by atoms with van der Waals surface area (Å²) >= 11 is 0. The van der Waals surface area contributed by atoms with Gasteiger partial charge in [0.15, 0.2) is 5.82 Å². The van der Waals surface area contributed by atoms with Gasteiger partial charge in [0.2, 0.25) is 5.91 Å². The van der Waals surface area contributed by atoms with Crippen LogP contribution in [-0.2, 0) is 11.2 Å². The molecule has 0 aliphatic carbocycles. The highest BCUT2D eigenvalue weighted by Gasteiger charge is 2.34. The van der Waals surface area contributed by atoms with E-state index >= 15 is 0 Å². The van der Waals surface area contributed by atoms with Crippen molar-refractivity contribution in [1.82, 2.24) is 10.1 Å². The van der Waals surface area contributed by atoms with Gasteiger partial charge in [0.05, 0.1) is 0 Å². The lowest BCUT2D eigenvalue weighted by molar-refractivity contribution is -0.117. The second-order valence-electron chi connectivity index (χ2n) is 6.76. The van der Waals surface area contributed by atoms with Gasteiger partial charge in [-0.15, -0.1) is 0 Å². The smallest absolute Gasteiger partial charge is 0.257 e. The van der Waals surface area contributed by atoms with Gasteiger partial charge >= 0.3 is 0 Å². The first-order chi connectivity index (χ1) is 12.6. The van der Waals surface area contributed by atoms with Crippen molar-refractivity contribution < 1.29 is 9.32 Å². The lowest BCUT2D eigenvalue weighted by Crippen LogP contribution is -2.24. The number of carbonyl (C=O) groups excluding carboxylic acids is 1. The zero-order valence-corrected chi connectivity index (χ0v) is 15.0. The molecule has 0 spiro atoms. The molecule has 26 heavy (non-hydrogen) atoms. The van der Waals surface area contributed by atoms with Gasteiger partial charge in [-0.2, -0.15) is 4.98 Å². The second kappa shape index (κ2) is 6.75. The summed E-state index contributed by atoms with van der Waals surface area (Å²) in [6.45, 7) is 4.72. The number of amides is 1. The standard InChI is InChI=1S/C21H21N3O2/c1-3-15-7-5-9-18(11-15)24-13-17(12-19(24)25)20-22-21(26-23-20)16-8-4-6-14(2)10-16/h4-11,17H,3,12-13H2,1-2H3. The summed E-state index contributed by atoms with van der Waals surface area (Å²) in [6.07, 6.45) is 1.35. The molecule has 0 bridgehead atoms. The van der Waals surface area contributed by atoms with Crippen LogP contribution in [0.3, 0.4) is 0 Å². The summed E-state index contributed by atoms with van der Waals surface area (Å²) in [5.41, 5.74) is 4.21. The molecule has 1 unspecified atom stereocenters. The Kier molecular flexibility index (Phi) is 4.29. The summed E-state index contributed by atoms with van der Waals surface area (Å²) in [6, 6.07) is 16.1. The molecule has 5 heteroatoms. The molecule has 0 N–H and O–H groups in total. The summed E-state index contributed by atoms with van der Waals surface area (Å²) in [7, 11) is 0. The van der Waals surface area contributed by atoms with E-state index in [1.54, 1.807) is 0 Å². The number of carbonyl (C=O) groups is 1. The monoisotopic (exact) mass is 347 g/mol. The normalized spacial score (nSPS) is 17.1. The maximum absolute atomic E-state index is 12.5. The number of rotatable bonds is 4. The number of anilines is 1. The van der Waals surface area contributed by atoms with Gasteiger partial charge in [0.25, 0.3) is 5.89 Å². The van der Waals surface area contributed by atoms with E-state index in [1.165, 1.54) is 5.56 Å². The summed E-state index contributed by atoms with van der Waals surface area (Å²) in [5, 5.41) is 4.14. The fourth-order valence-electron chi connectivity index (χ4n) is 3.37. The molecular formula is C21H21N3O2. The van der Waals surface area contributed by atoms with Crippen molar-refractivity contribution in [3.05, 3.63) is 65.5 Å². The van der Waals surface area contributed by atoms with Crippen molar-refractivity contribution in [1.29, 1.82) is 0 Å². The minimum atomic E-state index is -0.0462. The average molecular weight is 347 g/mol. The minimum absolute atomic E-state index is 0.0462. The Morgan fingerprint density at radius 3 is 2.85 bits per heavy atom. The predicted octanol–water partition coefficient (Wildman–Crippen LogP) is 4.13. The quantitative estimate of drug-likeness (QED) is 0.712. The third-order valence-electron chi connectivity index (χ3n) is 4.83. The van der Waals surface area contributed by atoms with Gasteiger partial charge in [-0.3, -0.25) is 4.79 Å². The fourth-order valence-corrected chi connectivity index (χ4v) is 3.37. The van der Waals surface area contributed by atoms with Crippen LogP contribution in [0.5, 0.6) is 0 Å². The predicted molar refractivity (Wildman–Crippen MR) is 100 cm³/mol. The van der Waals surface area contributed by atoms with Crippen LogP contribution in [0.2, 0.25) is 0 Å². The van der Waals surface area contributed by atoms with Crippen LogP contribution in [0.15, 0.2) is 53.1 Å². The number of aromatic nitrogens is 2. The summed E-state index contributed by atoms with van der Waals surface area (Å²) in [5.74, 6) is 1.16. The van der Waals surface area contributed by atoms with Crippen LogP contribution in [0.1, 0.15) is 36.2 Å². The molecule has 1 atom stereocenters. The topological polar surface area (TPSA) is 59.2 Å². The van der Waals surface area contributed by atoms with Crippen molar-refractivity contribution >= 4 is 11.6 Å². The van der Waals surface area contributed by atoms with Gasteiger partial charge in [0.1, 0.15) is 0 Å². The van der Waals surface area contributed by atoms with Crippen molar-refractivity contribution in [2.45, 2.75) is 32.6 Å². The van der Waals surface area contributed by atoms with Crippen LogP contribution in [0, 0.1) is 6.92 Å². The SMILES string of the molecule is CCc1cccc(N2CC(c3noc(-c4cccc(C)c4)n3)CC2=O)c1. The van der Waals surface area contributed by atoms with Crippen molar-refractivity contribution in [2.24, 2.45) is 0 Å². The molecule has 1 fully saturated rings. The van der Waals surface area contributed by atoms with E-state index in [0.717, 1.165) is 23.2 Å². The highest BCUT2D eigenvalue weighted by atomic mass is 16.5. The largest absolute Gasteiger partial charge is 0.334 e. The van der Waals surface area contributed by atoms with E-state index in [2.05, 4.69) is 29.2 Å². The van der Waals surface area contributed by atoms with Gasteiger partial charge in [-0.05, 0) is 43.2 Å². The number of hydrogen-bond donors (Lipinski definition) is 0. The van der Waals surface area contributed by atoms with E-state index in [4.69, 9.17) is 4.52 Å². The van der Waals surface area contributed by atoms with Gasteiger partial charge in [-0.25, -0.2) is 0 Å². The van der Waals surface area contributed by atoms with Gasteiger partial charge in [-0.1, -0.05) is 41.9 Å². The lowest BCUT2D eigenvalue weighted by atomic mass is 10.1. The van der Waals surface area contributed by atoms with Crippen LogP contribution in [0.25, 0.3) is 11.5 Å². The van der Waals surface area contributed by atoms with E-state index in [1.807, 2.05) is 48.2 Å². The first-order valence-electron chi connectivity index (χ1n) is 8.94. The molecule has 4 rings (SSSR count). The molecule has 1 saturated heterocycles. The molecule has 5 nitrogen and oxygen atoms in total. The Bertz CT molecular complexity index is 948. The lowest BCUT2D eigenvalue weighted by Gasteiger charge is -2.17. The Morgan fingerprint density at radius 2 is 2.04 bits per heavy atom. The number of nitrogens with zero attached hydrogens (tertiary/aromatic N) is 3. The van der Waals surface area contributed by atoms with E-state index in [9.17, 15) is 4.79 Å². The Balaban J connectivity index is 1.56. The molecule has 1 aliphatic rings. The van der Waals surface area contributed by atoms with E-state index in [-0.39, 0.29) is 11.8 Å². The molecule has 0 radical (unpaired) electrons. The molecule has 1 amide bonds. The summed E-state index contributed by atoms with van der Waals surface area (Å²) in [4.78, 5) is 18.9. The Morgan fingerprint density at radius 1 is 1.19 bits per heavy atom. The third-order valence-corrected chi connectivity index (χ3v) is 4.83. The van der Waals surface area contributed by atoms with E-state index < -0.39 is 0 Å². The average Bonchev–Trinajstić information content (AvgIpc) is 3.28. The molecule has 3 aromatic rings. The molecular weight excluding hydrogens is 326 g/mol. The highest BCUT2D eigenvalue weighted by Crippen LogP contribution is 2.32. The highest BCUT2D eigenvalue weighted by molar-refractivity contribution is 5.96. The molecule has 2 heterocycles. The third kappa shape index (κ3) is 3.12. The van der Waals surface area contributed by atoms with Gasteiger partial charge < -0.3 is 9.42 Å². The van der Waals surface area contributed by atoms with Gasteiger partial charge in [0, 0.05) is 30.1 Å². The van der Waals surface area contributed by atoms with Crippen molar-refractivity contribution in [3.63, 3.8) is 0 Å². The second-order valence-corrected chi connectivity index (χ2v) is 6.76. The fraction of sp³-hybridized carbons (Fsp3) is 0.286. The van der Waals surface area contributed by atoms with Crippen molar-refractivity contribution in [2.75, 3.05) is 11.4 Å². The first kappa shape index (κ1) is 16.5. The molecule has 132 valence electrons. The van der Waals surface area contributed by atoms with Crippen LogP contribution in [0.4, 0.5) is 5.69 Å². The van der Waals surface area contributed by atoms with Crippen LogP contribution < -0.4 is 4.90 Å². The van der Waals surface area contributed by atoms with E-state index in [0.29, 0.717) is 24.7 Å². The Labute approximate surface area is 152 Å². The number of aryl methyl sites for hydroxylation is 2. The zero-order chi connectivity index (χ0) is 18.1. The van der Waals surface area contributed by atoms with Crippen LogP contribution >= 0.6 is 0 Å². The van der Waals surface area contributed by atoms with Crippen molar-refractivity contribution in [3.8, 4) is 11.5 Å². The number of benzene rings is 2. The molecule has 1 aromatic heterocycles. The van der Waals surface area contributed by atoms with Crippen LogP contribution in [-0.4, -0.2) is 22.6 Å². The summed E-state index contributed by atoms with van der Waals surface area (Å²) < 4.78 is 5.44. The minimum Gasteiger partial charge on any atom is -0.334 e. The maximum atomic E-state index is 12.5. The number of hydrogen-bond acceptors (Lipinski definition) is 4. The Hall–Kier alpha value is -2.95. The molecule has 2 aromatic carbocycles.